The fraction of sp³-hybridized carbons (Fsp3) is 1.00. The highest BCUT2D eigenvalue weighted by molar-refractivity contribution is 4.79. The van der Waals surface area contributed by atoms with Gasteiger partial charge in [0.1, 0.15) is 0 Å². The van der Waals surface area contributed by atoms with Crippen LogP contribution in [-0.4, -0.2) is 37.1 Å². The van der Waals surface area contributed by atoms with Crippen LogP contribution in [0.25, 0.3) is 0 Å². The molecule has 0 aromatic carbocycles. The van der Waals surface area contributed by atoms with E-state index in [2.05, 4.69) is 44.8 Å². The van der Waals surface area contributed by atoms with E-state index >= 15 is 0 Å². The van der Waals surface area contributed by atoms with Gasteiger partial charge in [-0.3, -0.25) is 0 Å². The van der Waals surface area contributed by atoms with Gasteiger partial charge in [-0.1, -0.05) is 41.0 Å². The molecule has 2 heteroatoms. The third kappa shape index (κ3) is 5.83. The lowest BCUT2D eigenvalue weighted by molar-refractivity contribution is 0.213. The first kappa shape index (κ1) is 17.0. The molecule has 0 saturated carbocycles. The molecule has 0 radical (unpaired) electrons. The first-order valence-corrected chi connectivity index (χ1v) is 8.54. The van der Waals surface area contributed by atoms with Crippen molar-refractivity contribution in [3.8, 4) is 0 Å². The normalized spacial score (nSPS) is 25.3. The van der Waals surface area contributed by atoms with Gasteiger partial charge in [0.05, 0.1) is 0 Å². The second kappa shape index (κ2) is 8.97. The SMILES string of the molecule is CCNC(CN1CCCC(C(C)C)CC1)C(C)CC. The minimum absolute atomic E-state index is 0.672. The summed E-state index contributed by atoms with van der Waals surface area (Å²) in [6.07, 6.45) is 5.50. The number of nitrogens with one attached hydrogen (secondary N) is 1. The van der Waals surface area contributed by atoms with E-state index in [1.807, 2.05) is 0 Å². The standard InChI is InChI=1S/C17H36N2/c1-6-15(5)17(18-7-2)13-19-11-8-9-16(10-12-19)14(3)4/h14-18H,6-13H2,1-5H3. The molecule has 19 heavy (non-hydrogen) atoms. The lowest BCUT2D eigenvalue weighted by Crippen LogP contribution is -2.45. The first-order valence-electron chi connectivity index (χ1n) is 8.54. The van der Waals surface area contributed by atoms with E-state index in [4.69, 9.17) is 0 Å². The molecule has 0 aromatic heterocycles. The molecule has 2 nitrogen and oxygen atoms in total. The summed E-state index contributed by atoms with van der Waals surface area (Å²) in [4.78, 5) is 2.71. The average molecular weight is 268 g/mol. The summed E-state index contributed by atoms with van der Waals surface area (Å²) >= 11 is 0. The summed E-state index contributed by atoms with van der Waals surface area (Å²) in [6.45, 7) is 16.7. The van der Waals surface area contributed by atoms with Crippen molar-refractivity contribution in [2.75, 3.05) is 26.2 Å². The molecular formula is C17H36N2. The highest BCUT2D eigenvalue weighted by Crippen LogP contribution is 2.25. The van der Waals surface area contributed by atoms with Crippen molar-refractivity contribution >= 4 is 0 Å². The van der Waals surface area contributed by atoms with Gasteiger partial charge in [-0.05, 0) is 56.7 Å². The summed E-state index contributed by atoms with van der Waals surface area (Å²) in [5.41, 5.74) is 0. The molecule has 1 heterocycles. The van der Waals surface area contributed by atoms with Gasteiger partial charge >= 0.3 is 0 Å². The van der Waals surface area contributed by atoms with Crippen LogP contribution < -0.4 is 5.32 Å². The summed E-state index contributed by atoms with van der Waals surface area (Å²) < 4.78 is 0. The van der Waals surface area contributed by atoms with Gasteiger partial charge < -0.3 is 10.2 Å². The molecule has 0 amide bonds. The van der Waals surface area contributed by atoms with Crippen LogP contribution in [0.1, 0.15) is 60.3 Å². The van der Waals surface area contributed by atoms with Crippen molar-refractivity contribution in [2.45, 2.75) is 66.3 Å². The fourth-order valence-electron chi connectivity index (χ4n) is 3.30. The zero-order valence-electron chi connectivity index (χ0n) is 13.9. The van der Waals surface area contributed by atoms with E-state index in [1.165, 1.54) is 45.3 Å². The Hall–Kier alpha value is -0.0800. The van der Waals surface area contributed by atoms with Gasteiger partial charge in [0, 0.05) is 12.6 Å². The molecule has 0 aromatic rings. The average Bonchev–Trinajstić information content (AvgIpc) is 2.63. The molecule has 114 valence electrons. The molecule has 3 unspecified atom stereocenters. The highest BCUT2D eigenvalue weighted by atomic mass is 15.1. The van der Waals surface area contributed by atoms with E-state index in [9.17, 15) is 0 Å². The minimum Gasteiger partial charge on any atom is -0.313 e. The Balaban J connectivity index is 2.46. The smallest absolute Gasteiger partial charge is 0.0220 e. The quantitative estimate of drug-likeness (QED) is 0.756. The number of hydrogen-bond donors (Lipinski definition) is 1. The third-order valence-electron chi connectivity index (χ3n) is 5.06. The van der Waals surface area contributed by atoms with E-state index < -0.39 is 0 Å². The van der Waals surface area contributed by atoms with Crippen LogP contribution in [0.2, 0.25) is 0 Å². The van der Waals surface area contributed by atoms with Crippen molar-refractivity contribution in [3.63, 3.8) is 0 Å². The molecule has 1 aliphatic heterocycles. The number of likely N-dealkylation sites (tertiary alicyclic amines) is 1. The Labute approximate surface area is 121 Å². The summed E-state index contributed by atoms with van der Waals surface area (Å²) in [5, 5.41) is 3.69. The second-order valence-electron chi connectivity index (χ2n) is 6.79. The van der Waals surface area contributed by atoms with Crippen molar-refractivity contribution in [2.24, 2.45) is 17.8 Å². The Morgan fingerprint density at radius 3 is 2.42 bits per heavy atom. The van der Waals surface area contributed by atoms with Gasteiger partial charge in [-0.2, -0.15) is 0 Å². The lowest BCUT2D eigenvalue weighted by Gasteiger charge is -2.30. The Bertz CT molecular complexity index is 227. The fourth-order valence-corrected chi connectivity index (χ4v) is 3.30. The zero-order chi connectivity index (χ0) is 14.3. The van der Waals surface area contributed by atoms with Crippen molar-refractivity contribution < 1.29 is 0 Å². The second-order valence-corrected chi connectivity index (χ2v) is 6.79. The van der Waals surface area contributed by atoms with Gasteiger partial charge in [0.2, 0.25) is 0 Å². The van der Waals surface area contributed by atoms with Gasteiger partial charge in [0.25, 0.3) is 0 Å². The van der Waals surface area contributed by atoms with Crippen molar-refractivity contribution in [1.29, 1.82) is 0 Å². The summed E-state index contributed by atoms with van der Waals surface area (Å²) in [6, 6.07) is 0.672. The number of rotatable bonds is 7. The Morgan fingerprint density at radius 2 is 1.84 bits per heavy atom. The molecule has 1 fully saturated rings. The topological polar surface area (TPSA) is 15.3 Å². The summed E-state index contributed by atoms with van der Waals surface area (Å²) in [5.74, 6) is 2.59. The van der Waals surface area contributed by atoms with E-state index in [0.29, 0.717) is 6.04 Å². The van der Waals surface area contributed by atoms with Gasteiger partial charge in [-0.15, -0.1) is 0 Å². The van der Waals surface area contributed by atoms with Crippen LogP contribution in [0.5, 0.6) is 0 Å². The van der Waals surface area contributed by atoms with Crippen LogP contribution in [0, 0.1) is 17.8 Å². The maximum Gasteiger partial charge on any atom is 0.0220 e. The predicted molar refractivity (Wildman–Crippen MR) is 85.5 cm³/mol. The zero-order valence-corrected chi connectivity index (χ0v) is 13.9. The third-order valence-corrected chi connectivity index (χ3v) is 5.06. The van der Waals surface area contributed by atoms with Crippen LogP contribution in [0.3, 0.4) is 0 Å². The van der Waals surface area contributed by atoms with E-state index in [0.717, 1.165) is 24.3 Å². The molecule has 1 aliphatic rings. The molecular weight excluding hydrogens is 232 g/mol. The van der Waals surface area contributed by atoms with Crippen molar-refractivity contribution in [3.05, 3.63) is 0 Å². The molecule has 1 rings (SSSR count). The number of nitrogens with zero attached hydrogens (tertiary/aromatic N) is 1. The maximum atomic E-state index is 3.69. The number of hydrogen-bond acceptors (Lipinski definition) is 2. The lowest BCUT2D eigenvalue weighted by atomic mass is 9.89. The minimum atomic E-state index is 0.672. The van der Waals surface area contributed by atoms with E-state index in [-0.39, 0.29) is 0 Å². The molecule has 1 N–H and O–H groups in total. The van der Waals surface area contributed by atoms with Gasteiger partial charge in [0.15, 0.2) is 0 Å². The van der Waals surface area contributed by atoms with Crippen LogP contribution >= 0.6 is 0 Å². The molecule has 1 saturated heterocycles. The van der Waals surface area contributed by atoms with Crippen LogP contribution in [-0.2, 0) is 0 Å². The molecule has 0 spiro atoms. The van der Waals surface area contributed by atoms with E-state index in [1.54, 1.807) is 0 Å². The maximum absolute atomic E-state index is 3.69. The largest absolute Gasteiger partial charge is 0.313 e. The molecule has 0 aliphatic carbocycles. The summed E-state index contributed by atoms with van der Waals surface area (Å²) in [7, 11) is 0. The molecule has 0 bridgehead atoms. The monoisotopic (exact) mass is 268 g/mol. The van der Waals surface area contributed by atoms with Crippen molar-refractivity contribution in [1.82, 2.24) is 10.2 Å². The highest BCUT2D eigenvalue weighted by Gasteiger charge is 2.23. The number of likely N-dealkylation sites (N-methyl/N-ethyl adjacent to an activating group) is 1. The predicted octanol–water partition coefficient (Wildman–Crippen LogP) is 3.77. The Kier molecular flexibility index (Phi) is 8.01. The van der Waals surface area contributed by atoms with Crippen LogP contribution in [0.4, 0.5) is 0 Å². The Morgan fingerprint density at radius 1 is 1.11 bits per heavy atom. The first-order chi connectivity index (χ1) is 9.08. The van der Waals surface area contributed by atoms with Gasteiger partial charge in [-0.25, -0.2) is 0 Å². The molecule has 3 atom stereocenters. The van der Waals surface area contributed by atoms with Crippen LogP contribution in [0.15, 0.2) is 0 Å².